The Morgan fingerprint density at radius 3 is 1.90 bits per heavy atom. The smallest absolute Gasteiger partial charge is 0.291 e. The van der Waals surface area contributed by atoms with Gasteiger partial charge in [0.1, 0.15) is 17.3 Å². The molecule has 6 heteroatoms. The molecule has 29 heavy (non-hydrogen) atoms. The SMILES string of the molecule is O=C(Nc1ccc(Oc2ccc(Cl)cc2)cc1)c1ccc(-c2ccc(Cl)cc2)o1. The van der Waals surface area contributed by atoms with E-state index in [9.17, 15) is 4.79 Å². The molecule has 4 nitrogen and oxygen atoms in total. The molecule has 3 aromatic carbocycles. The molecule has 0 aliphatic heterocycles. The minimum Gasteiger partial charge on any atom is -0.457 e. The molecule has 1 heterocycles. The van der Waals surface area contributed by atoms with Crippen molar-refractivity contribution in [2.24, 2.45) is 0 Å². The molecule has 0 saturated carbocycles. The number of hydrogen-bond acceptors (Lipinski definition) is 3. The summed E-state index contributed by atoms with van der Waals surface area (Å²) in [5.41, 5.74) is 1.47. The Hall–Kier alpha value is -3.21. The summed E-state index contributed by atoms with van der Waals surface area (Å²) in [6.07, 6.45) is 0. The van der Waals surface area contributed by atoms with Gasteiger partial charge in [-0.05, 0) is 84.9 Å². The molecule has 144 valence electrons. The van der Waals surface area contributed by atoms with Crippen LogP contribution in [0.1, 0.15) is 10.6 Å². The van der Waals surface area contributed by atoms with Gasteiger partial charge < -0.3 is 14.5 Å². The highest BCUT2D eigenvalue weighted by Crippen LogP contribution is 2.26. The Morgan fingerprint density at radius 1 is 0.724 bits per heavy atom. The predicted molar refractivity (Wildman–Crippen MR) is 115 cm³/mol. The summed E-state index contributed by atoms with van der Waals surface area (Å²) in [6, 6.07) is 24.7. The molecular formula is C23H15Cl2NO3. The van der Waals surface area contributed by atoms with Crippen molar-refractivity contribution >= 4 is 34.8 Å². The van der Waals surface area contributed by atoms with E-state index in [-0.39, 0.29) is 11.7 Å². The molecule has 4 aromatic rings. The fourth-order valence-electron chi connectivity index (χ4n) is 2.67. The standard InChI is InChI=1S/C23H15Cl2NO3/c24-16-3-1-15(2-4-16)21-13-14-22(29-21)23(27)26-18-7-11-20(12-8-18)28-19-9-5-17(25)6-10-19/h1-14H,(H,26,27). The molecule has 0 aliphatic carbocycles. The third-order valence-corrected chi connectivity index (χ3v) is 4.62. The minimum atomic E-state index is -0.336. The molecule has 0 fully saturated rings. The van der Waals surface area contributed by atoms with Gasteiger partial charge in [-0.25, -0.2) is 0 Å². The first-order chi connectivity index (χ1) is 14.1. The zero-order valence-electron chi connectivity index (χ0n) is 15.1. The summed E-state index contributed by atoms with van der Waals surface area (Å²) < 4.78 is 11.4. The first-order valence-electron chi connectivity index (χ1n) is 8.77. The zero-order valence-corrected chi connectivity index (χ0v) is 16.6. The summed E-state index contributed by atoms with van der Waals surface area (Å²) in [5.74, 6) is 1.80. The van der Waals surface area contributed by atoms with E-state index in [1.807, 2.05) is 12.1 Å². The number of hydrogen-bond donors (Lipinski definition) is 1. The van der Waals surface area contributed by atoms with Crippen LogP contribution in [0.25, 0.3) is 11.3 Å². The van der Waals surface area contributed by atoms with Crippen LogP contribution in [0.4, 0.5) is 5.69 Å². The van der Waals surface area contributed by atoms with Gasteiger partial charge in [0.15, 0.2) is 5.76 Å². The van der Waals surface area contributed by atoms with Crippen molar-refractivity contribution < 1.29 is 13.9 Å². The van der Waals surface area contributed by atoms with Gasteiger partial charge in [0, 0.05) is 21.3 Å². The van der Waals surface area contributed by atoms with E-state index in [0.717, 1.165) is 5.56 Å². The second-order valence-electron chi connectivity index (χ2n) is 6.21. The Labute approximate surface area is 177 Å². The highest BCUT2D eigenvalue weighted by Gasteiger charge is 2.13. The molecule has 1 aromatic heterocycles. The third kappa shape index (κ3) is 4.80. The first-order valence-corrected chi connectivity index (χ1v) is 9.53. The number of ether oxygens (including phenoxy) is 1. The van der Waals surface area contributed by atoms with E-state index in [1.54, 1.807) is 72.8 Å². The molecule has 1 N–H and O–H groups in total. The van der Waals surface area contributed by atoms with Crippen LogP contribution in [0.15, 0.2) is 89.3 Å². The van der Waals surface area contributed by atoms with Crippen molar-refractivity contribution in [1.29, 1.82) is 0 Å². The van der Waals surface area contributed by atoms with Crippen LogP contribution in [-0.4, -0.2) is 5.91 Å². The van der Waals surface area contributed by atoms with Gasteiger partial charge >= 0.3 is 0 Å². The maximum Gasteiger partial charge on any atom is 0.291 e. The van der Waals surface area contributed by atoms with Gasteiger partial charge in [0.2, 0.25) is 0 Å². The number of furan rings is 1. The maximum atomic E-state index is 12.5. The van der Waals surface area contributed by atoms with Crippen LogP contribution >= 0.6 is 23.2 Å². The Bertz CT molecular complexity index is 1120. The van der Waals surface area contributed by atoms with Gasteiger partial charge in [-0.15, -0.1) is 0 Å². The number of rotatable bonds is 5. The second kappa shape index (κ2) is 8.43. The Balaban J connectivity index is 1.40. The van der Waals surface area contributed by atoms with Gasteiger partial charge in [-0.2, -0.15) is 0 Å². The molecule has 1 amide bonds. The topological polar surface area (TPSA) is 51.5 Å². The van der Waals surface area contributed by atoms with Crippen LogP contribution in [0.5, 0.6) is 11.5 Å². The number of benzene rings is 3. The Morgan fingerprint density at radius 2 is 1.28 bits per heavy atom. The van der Waals surface area contributed by atoms with Gasteiger partial charge in [-0.3, -0.25) is 4.79 Å². The largest absolute Gasteiger partial charge is 0.457 e. The van der Waals surface area contributed by atoms with Crippen molar-refractivity contribution in [3.05, 3.63) is 101 Å². The van der Waals surface area contributed by atoms with Crippen molar-refractivity contribution in [1.82, 2.24) is 0 Å². The van der Waals surface area contributed by atoms with E-state index in [0.29, 0.717) is 33.0 Å². The lowest BCUT2D eigenvalue weighted by atomic mass is 10.2. The fraction of sp³-hybridized carbons (Fsp3) is 0. The quantitative estimate of drug-likeness (QED) is 0.366. The third-order valence-electron chi connectivity index (χ3n) is 4.12. The van der Waals surface area contributed by atoms with Crippen LogP contribution in [0, 0.1) is 0 Å². The molecule has 0 radical (unpaired) electrons. The molecule has 0 saturated heterocycles. The molecular weight excluding hydrogens is 409 g/mol. The molecule has 0 bridgehead atoms. The average Bonchev–Trinajstić information content (AvgIpc) is 3.22. The summed E-state index contributed by atoms with van der Waals surface area (Å²) in [6.45, 7) is 0. The number of anilines is 1. The number of halogens is 2. The molecule has 0 aliphatic rings. The monoisotopic (exact) mass is 423 g/mol. The van der Waals surface area contributed by atoms with Crippen LogP contribution in [-0.2, 0) is 0 Å². The zero-order chi connectivity index (χ0) is 20.2. The fourth-order valence-corrected chi connectivity index (χ4v) is 2.92. The van der Waals surface area contributed by atoms with Crippen molar-refractivity contribution in [3.8, 4) is 22.8 Å². The predicted octanol–water partition coefficient (Wildman–Crippen LogP) is 7.30. The number of nitrogens with one attached hydrogen (secondary N) is 1. The van der Waals surface area contributed by atoms with E-state index in [1.165, 1.54) is 0 Å². The minimum absolute atomic E-state index is 0.219. The molecule has 0 unspecified atom stereocenters. The highest BCUT2D eigenvalue weighted by molar-refractivity contribution is 6.30. The van der Waals surface area contributed by atoms with Gasteiger partial charge in [0.05, 0.1) is 0 Å². The average molecular weight is 424 g/mol. The first kappa shape index (κ1) is 19.1. The van der Waals surface area contributed by atoms with E-state index in [2.05, 4.69) is 5.32 Å². The summed E-state index contributed by atoms with van der Waals surface area (Å²) in [7, 11) is 0. The van der Waals surface area contributed by atoms with Crippen molar-refractivity contribution in [3.63, 3.8) is 0 Å². The normalized spacial score (nSPS) is 10.6. The van der Waals surface area contributed by atoms with Crippen LogP contribution in [0.3, 0.4) is 0 Å². The highest BCUT2D eigenvalue weighted by atomic mass is 35.5. The lowest BCUT2D eigenvalue weighted by Crippen LogP contribution is -2.10. The van der Waals surface area contributed by atoms with Gasteiger partial charge in [-0.1, -0.05) is 23.2 Å². The van der Waals surface area contributed by atoms with Crippen molar-refractivity contribution in [2.45, 2.75) is 0 Å². The summed E-state index contributed by atoms with van der Waals surface area (Å²) >= 11 is 11.8. The van der Waals surface area contributed by atoms with E-state index < -0.39 is 0 Å². The van der Waals surface area contributed by atoms with Crippen LogP contribution < -0.4 is 10.1 Å². The van der Waals surface area contributed by atoms with E-state index >= 15 is 0 Å². The summed E-state index contributed by atoms with van der Waals surface area (Å²) in [4.78, 5) is 12.5. The number of amides is 1. The lowest BCUT2D eigenvalue weighted by Gasteiger charge is -2.07. The molecule has 4 rings (SSSR count). The maximum absolute atomic E-state index is 12.5. The lowest BCUT2D eigenvalue weighted by molar-refractivity contribution is 0.0997. The summed E-state index contributed by atoms with van der Waals surface area (Å²) in [5, 5.41) is 4.09. The molecule has 0 atom stereocenters. The van der Waals surface area contributed by atoms with E-state index in [4.69, 9.17) is 32.4 Å². The number of carbonyl (C=O) groups is 1. The van der Waals surface area contributed by atoms with Crippen LogP contribution in [0.2, 0.25) is 10.0 Å². The van der Waals surface area contributed by atoms with Crippen molar-refractivity contribution in [2.75, 3.05) is 5.32 Å². The Kier molecular flexibility index (Phi) is 5.56. The second-order valence-corrected chi connectivity index (χ2v) is 7.08. The molecule has 0 spiro atoms. The number of carbonyl (C=O) groups excluding carboxylic acids is 1. The van der Waals surface area contributed by atoms with Gasteiger partial charge in [0.25, 0.3) is 5.91 Å².